The summed E-state index contributed by atoms with van der Waals surface area (Å²) in [5.41, 5.74) is -0.451. The number of aliphatic hydroxyl groups excluding tert-OH is 1. The lowest BCUT2D eigenvalue weighted by Gasteiger charge is -2.19. The van der Waals surface area contributed by atoms with Crippen molar-refractivity contribution in [2.45, 2.75) is 52.2 Å². The minimum atomic E-state index is -0.451. The third-order valence-corrected chi connectivity index (χ3v) is 2.05. The minimum Gasteiger partial charge on any atom is -0.444 e. The van der Waals surface area contributed by atoms with Crippen LogP contribution >= 0.6 is 0 Å². The molecule has 0 aromatic heterocycles. The molecule has 102 valence electrons. The number of hydrogen-bond donors (Lipinski definition) is 3. The molecule has 0 heterocycles. The molecule has 5 heteroatoms. The lowest BCUT2D eigenvalue weighted by atomic mass is 10.2. The van der Waals surface area contributed by atoms with E-state index in [9.17, 15) is 9.90 Å². The van der Waals surface area contributed by atoms with Crippen molar-refractivity contribution in [1.29, 1.82) is 0 Å². The Morgan fingerprint density at radius 1 is 1.35 bits per heavy atom. The van der Waals surface area contributed by atoms with E-state index in [0.717, 1.165) is 19.4 Å². The van der Waals surface area contributed by atoms with Crippen LogP contribution in [0.4, 0.5) is 4.79 Å². The number of nitrogens with one attached hydrogen (secondary N) is 2. The van der Waals surface area contributed by atoms with Gasteiger partial charge in [-0.05, 0) is 40.2 Å². The van der Waals surface area contributed by atoms with Crippen molar-refractivity contribution in [3.05, 3.63) is 0 Å². The van der Waals surface area contributed by atoms with Crippen LogP contribution in [-0.2, 0) is 4.74 Å². The van der Waals surface area contributed by atoms with Crippen LogP contribution in [0, 0.1) is 0 Å². The fourth-order valence-corrected chi connectivity index (χ4v) is 1.13. The number of aliphatic hydroxyl groups is 1. The van der Waals surface area contributed by atoms with Crippen molar-refractivity contribution < 1.29 is 14.6 Å². The quantitative estimate of drug-likeness (QED) is 0.591. The van der Waals surface area contributed by atoms with Crippen LogP contribution in [0.2, 0.25) is 0 Å². The van der Waals surface area contributed by atoms with Gasteiger partial charge in [0.05, 0.1) is 6.10 Å². The monoisotopic (exact) mass is 246 g/mol. The average Bonchev–Trinajstić information content (AvgIpc) is 2.20. The maximum absolute atomic E-state index is 11.3. The summed E-state index contributed by atoms with van der Waals surface area (Å²) in [5, 5.41) is 15.1. The van der Waals surface area contributed by atoms with Gasteiger partial charge in [0.25, 0.3) is 0 Å². The van der Waals surface area contributed by atoms with Crippen molar-refractivity contribution in [1.82, 2.24) is 10.6 Å². The van der Waals surface area contributed by atoms with Gasteiger partial charge < -0.3 is 20.5 Å². The fourth-order valence-electron chi connectivity index (χ4n) is 1.13. The molecule has 0 spiro atoms. The summed E-state index contributed by atoms with van der Waals surface area (Å²) in [6.07, 6.45) is 0.902. The molecule has 0 aliphatic carbocycles. The van der Waals surface area contributed by atoms with Gasteiger partial charge in [0, 0.05) is 13.1 Å². The Bertz CT molecular complexity index is 214. The van der Waals surface area contributed by atoms with Crippen LogP contribution in [-0.4, -0.2) is 42.5 Å². The Labute approximate surface area is 104 Å². The van der Waals surface area contributed by atoms with E-state index in [1.165, 1.54) is 0 Å². The molecule has 1 amide bonds. The highest BCUT2D eigenvalue weighted by molar-refractivity contribution is 5.67. The molecule has 0 saturated heterocycles. The first-order valence-electron chi connectivity index (χ1n) is 6.20. The summed E-state index contributed by atoms with van der Waals surface area (Å²) in [5.74, 6) is 0. The third-order valence-electron chi connectivity index (χ3n) is 2.05. The first kappa shape index (κ1) is 16.2. The number of amides is 1. The maximum Gasteiger partial charge on any atom is 0.407 e. The smallest absolute Gasteiger partial charge is 0.407 e. The van der Waals surface area contributed by atoms with Gasteiger partial charge >= 0.3 is 6.09 Å². The van der Waals surface area contributed by atoms with Crippen LogP contribution < -0.4 is 10.6 Å². The summed E-state index contributed by atoms with van der Waals surface area (Å²) in [7, 11) is 0. The van der Waals surface area contributed by atoms with Crippen LogP contribution in [0.25, 0.3) is 0 Å². The van der Waals surface area contributed by atoms with Crippen LogP contribution in [0.3, 0.4) is 0 Å². The summed E-state index contributed by atoms with van der Waals surface area (Å²) in [6.45, 7) is 9.39. The number of carbonyl (C=O) groups is 1. The molecule has 1 unspecified atom stereocenters. The van der Waals surface area contributed by atoms with Crippen LogP contribution in [0.15, 0.2) is 0 Å². The van der Waals surface area contributed by atoms with Crippen LogP contribution in [0.1, 0.15) is 40.5 Å². The Morgan fingerprint density at radius 2 is 2.00 bits per heavy atom. The van der Waals surface area contributed by atoms with E-state index in [2.05, 4.69) is 10.6 Å². The molecular weight excluding hydrogens is 220 g/mol. The molecule has 17 heavy (non-hydrogen) atoms. The van der Waals surface area contributed by atoms with Crippen molar-refractivity contribution in [2.24, 2.45) is 0 Å². The summed E-state index contributed by atoms with van der Waals surface area (Å²) >= 11 is 0. The summed E-state index contributed by atoms with van der Waals surface area (Å²) in [6, 6.07) is 0. The molecule has 0 aliphatic rings. The van der Waals surface area contributed by atoms with Gasteiger partial charge in [0.2, 0.25) is 0 Å². The molecule has 1 atom stereocenters. The minimum absolute atomic E-state index is 0.284. The first-order chi connectivity index (χ1) is 7.85. The Kier molecular flexibility index (Phi) is 7.91. The van der Waals surface area contributed by atoms with Gasteiger partial charge in [-0.15, -0.1) is 0 Å². The summed E-state index contributed by atoms with van der Waals surface area (Å²) < 4.78 is 5.09. The van der Waals surface area contributed by atoms with Gasteiger partial charge in [-0.1, -0.05) is 6.92 Å². The van der Waals surface area contributed by atoms with Crippen molar-refractivity contribution in [3.63, 3.8) is 0 Å². The van der Waals surface area contributed by atoms with Gasteiger partial charge in [-0.25, -0.2) is 4.79 Å². The zero-order chi connectivity index (χ0) is 13.3. The predicted molar refractivity (Wildman–Crippen MR) is 68.0 cm³/mol. The second-order valence-corrected chi connectivity index (χ2v) is 5.05. The Hall–Kier alpha value is -0.810. The molecule has 0 fully saturated rings. The zero-order valence-electron chi connectivity index (χ0n) is 11.4. The third kappa shape index (κ3) is 11.5. The van der Waals surface area contributed by atoms with E-state index in [-0.39, 0.29) is 12.2 Å². The SMILES string of the molecule is CCC(O)CNCCCNC(=O)OC(C)(C)C. The van der Waals surface area contributed by atoms with E-state index in [1.54, 1.807) is 0 Å². The molecule has 0 aromatic rings. The average molecular weight is 246 g/mol. The second-order valence-electron chi connectivity index (χ2n) is 5.05. The van der Waals surface area contributed by atoms with Crippen molar-refractivity contribution >= 4 is 6.09 Å². The molecular formula is C12H26N2O3. The normalized spacial score (nSPS) is 13.2. The van der Waals surface area contributed by atoms with Gasteiger partial charge in [-0.3, -0.25) is 0 Å². The molecule has 0 aromatic carbocycles. The van der Waals surface area contributed by atoms with Gasteiger partial charge in [0.15, 0.2) is 0 Å². The lowest BCUT2D eigenvalue weighted by Crippen LogP contribution is -2.34. The van der Waals surface area contributed by atoms with Crippen LogP contribution in [0.5, 0.6) is 0 Å². The molecule has 0 bridgehead atoms. The molecule has 0 radical (unpaired) electrons. The maximum atomic E-state index is 11.3. The molecule has 3 N–H and O–H groups in total. The highest BCUT2D eigenvalue weighted by atomic mass is 16.6. The Morgan fingerprint density at radius 3 is 2.53 bits per heavy atom. The van der Waals surface area contributed by atoms with E-state index >= 15 is 0 Å². The number of ether oxygens (including phenoxy) is 1. The lowest BCUT2D eigenvalue weighted by molar-refractivity contribution is 0.0527. The van der Waals surface area contributed by atoms with Gasteiger partial charge in [-0.2, -0.15) is 0 Å². The topological polar surface area (TPSA) is 70.6 Å². The first-order valence-corrected chi connectivity index (χ1v) is 6.20. The summed E-state index contributed by atoms with van der Waals surface area (Å²) in [4.78, 5) is 11.3. The number of rotatable bonds is 7. The Balaban J connectivity index is 3.37. The molecule has 0 aliphatic heterocycles. The van der Waals surface area contributed by atoms with E-state index < -0.39 is 5.60 Å². The van der Waals surface area contributed by atoms with Crippen molar-refractivity contribution in [3.8, 4) is 0 Å². The number of carbonyl (C=O) groups excluding carboxylic acids is 1. The number of alkyl carbamates (subject to hydrolysis) is 1. The highest BCUT2D eigenvalue weighted by Crippen LogP contribution is 2.06. The largest absolute Gasteiger partial charge is 0.444 e. The van der Waals surface area contributed by atoms with E-state index in [1.807, 2.05) is 27.7 Å². The predicted octanol–water partition coefficient (Wildman–Crippen LogP) is 1.26. The molecule has 5 nitrogen and oxygen atoms in total. The second kappa shape index (κ2) is 8.31. The molecule has 0 saturated carbocycles. The molecule has 0 rings (SSSR count). The standard InChI is InChI=1S/C12H26N2O3/c1-5-10(15)9-13-7-6-8-14-11(16)17-12(2,3)4/h10,13,15H,5-9H2,1-4H3,(H,14,16). The number of hydrogen-bond acceptors (Lipinski definition) is 4. The fraction of sp³-hybridized carbons (Fsp3) is 0.917. The zero-order valence-corrected chi connectivity index (χ0v) is 11.4. The van der Waals surface area contributed by atoms with E-state index in [4.69, 9.17) is 4.74 Å². The van der Waals surface area contributed by atoms with E-state index in [0.29, 0.717) is 13.1 Å². The van der Waals surface area contributed by atoms with Crippen molar-refractivity contribution in [2.75, 3.05) is 19.6 Å². The highest BCUT2D eigenvalue weighted by Gasteiger charge is 2.15. The van der Waals surface area contributed by atoms with Gasteiger partial charge in [0.1, 0.15) is 5.60 Å².